The molecule has 2 aromatic rings. The molecule has 2 N–H and O–H groups in total. The highest BCUT2D eigenvalue weighted by Crippen LogP contribution is 2.50. The van der Waals surface area contributed by atoms with Crippen molar-refractivity contribution in [1.82, 2.24) is 10.2 Å². The molecule has 1 aliphatic heterocycles. The smallest absolute Gasteiger partial charge is 0.235 e. The van der Waals surface area contributed by atoms with Crippen LogP contribution in [-0.2, 0) is 10.3 Å². The number of hydrogen-bond donors (Lipinski definition) is 2. The Hall–Kier alpha value is -3.16. The zero-order chi connectivity index (χ0) is 20.1. The van der Waals surface area contributed by atoms with Gasteiger partial charge in [-0.1, -0.05) is 0 Å². The SMILES string of the molecule is CN1C(=N)N[C@](C)(c2ccc(-c3cc(C#N)cc(C#N)c3)s2)[C@@H](C2CC2)C1=O. The van der Waals surface area contributed by atoms with Crippen molar-refractivity contribution in [3.63, 3.8) is 0 Å². The highest BCUT2D eigenvalue weighted by Gasteiger charge is 2.54. The molecule has 2 aliphatic rings. The van der Waals surface area contributed by atoms with E-state index in [1.807, 2.05) is 19.1 Å². The molecule has 1 aliphatic carbocycles. The maximum Gasteiger partial charge on any atom is 0.235 e. The van der Waals surface area contributed by atoms with Crippen LogP contribution in [0.25, 0.3) is 10.4 Å². The summed E-state index contributed by atoms with van der Waals surface area (Å²) < 4.78 is 0. The molecule has 7 heteroatoms. The third kappa shape index (κ3) is 2.85. The van der Waals surface area contributed by atoms with E-state index in [4.69, 9.17) is 5.41 Å². The van der Waals surface area contributed by atoms with Gasteiger partial charge in [-0.25, -0.2) is 0 Å². The third-order valence-electron chi connectivity index (χ3n) is 5.62. The number of nitriles is 2. The van der Waals surface area contributed by atoms with Crippen molar-refractivity contribution < 1.29 is 4.79 Å². The molecule has 140 valence electrons. The van der Waals surface area contributed by atoms with Crippen molar-refractivity contribution in [2.75, 3.05) is 7.05 Å². The van der Waals surface area contributed by atoms with Crippen LogP contribution in [0.3, 0.4) is 0 Å². The summed E-state index contributed by atoms with van der Waals surface area (Å²) in [5.74, 6) is 0.218. The molecular formula is C21H19N5OS. The quantitative estimate of drug-likeness (QED) is 0.839. The minimum absolute atomic E-state index is 0.0121. The summed E-state index contributed by atoms with van der Waals surface area (Å²) >= 11 is 1.54. The van der Waals surface area contributed by atoms with Gasteiger partial charge in [-0.3, -0.25) is 15.1 Å². The predicted molar refractivity (Wildman–Crippen MR) is 106 cm³/mol. The number of nitrogens with zero attached hydrogens (tertiary/aromatic N) is 3. The largest absolute Gasteiger partial charge is 0.345 e. The first-order valence-corrected chi connectivity index (χ1v) is 9.89. The molecule has 6 nitrogen and oxygen atoms in total. The minimum Gasteiger partial charge on any atom is -0.345 e. The van der Waals surface area contributed by atoms with Gasteiger partial charge in [0.25, 0.3) is 0 Å². The molecule has 1 amide bonds. The van der Waals surface area contributed by atoms with E-state index in [1.54, 1.807) is 25.2 Å². The van der Waals surface area contributed by atoms with E-state index >= 15 is 0 Å². The molecule has 28 heavy (non-hydrogen) atoms. The molecule has 1 aromatic heterocycles. The summed E-state index contributed by atoms with van der Waals surface area (Å²) in [6, 6.07) is 13.3. The van der Waals surface area contributed by atoms with Crippen LogP contribution in [0, 0.1) is 39.9 Å². The zero-order valence-corrected chi connectivity index (χ0v) is 16.4. The standard InChI is InChI=1S/C21H19N5OS/c1-21(18(14-3-4-14)19(27)26(2)20(24)25-21)17-6-5-16(28-17)15-8-12(10-22)7-13(9-15)11-23/h5-9,14,18H,3-4H2,1-2H3,(H2,24,25)/t18-,21+/m0/s1. The van der Waals surface area contributed by atoms with Gasteiger partial charge in [0, 0.05) is 16.8 Å². The van der Waals surface area contributed by atoms with Crippen molar-refractivity contribution in [2.45, 2.75) is 25.3 Å². The van der Waals surface area contributed by atoms with Crippen LogP contribution >= 0.6 is 11.3 Å². The minimum atomic E-state index is -0.643. The summed E-state index contributed by atoms with van der Waals surface area (Å²) in [6.45, 7) is 2.00. The number of thiophene rings is 1. The van der Waals surface area contributed by atoms with E-state index < -0.39 is 5.54 Å². The average molecular weight is 389 g/mol. The summed E-state index contributed by atoms with van der Waals surface area (Å²) in [7, 11) is 1.64. The van der Waals surface area contributed by atoms with Gasteiger partial charge in [0.15, 0.2) is 5.96 Å². The van der Waals surface area contributed by atoms with Crippen molar-refractivity contribution >= 4 is 23.2 Å². The summed E-state index contributed by atoms with van der Waals surface area (Å²) in [5, 5.41) is 29.9. The van der Waals surface area contributed by atoms with Crippen LogP contribution in [0.5, 0.6) is 0 Å². The topological polar surface area (TPSA) is 104 Å². The molecule has 0 unspecified atom stereocenters. The van der Waals surface area contributed by atoms with Gasteiger partial charge in [-0.15, -0.1) is 11.3 Å². The lowest BCUT2D eigenvalue weighted by atomic mass is 9.78. The molecule has 2 heterocycles. The van der Waals surface area contributed by atoms with E-state index in [1.165, 1.54) is 16.2 Å². The highest BCUT2D eigenvalue weighted by atomic mass is 32.1. The second kappa shape index (κ2) is 6.47. The number of hydrogen-bond acceptors (Lipinski definition) is 5. The lowest BCUT2D eigenvalue weighted by Gasteiger charge is -2.45. The Kier molecular flexibility index (Phi) is 4.21. The molecule has 4 rings (SSSR count). The van der Waals surface area contributed by atoms with Crippen LogP contribution < -0.4 is 5.32 Å². The van der Waals surface area contributed by atoms with E-state index in [-0.39, 0.29) is 17.8 Å². The number of benzene rings is 1. The van der Waals surface area contributed by atoms with Gasteiger partial charge in [0.05, 0.1) is 34.7 Å². The fourth-order valence-electron chi connectivity index (χ4n) is 3.96. The predicted octanol–water partition coefficient (Wildman–Crippen LogP) is 3.40. The molecule has 0 bridgehead atoms. The van der Waals surface area contributed by atoms with E-state index in [0.717, 1.165) is 28.2 Å². The summed E-state index contributed by atoms with van der Waals surface area (Å²) in [4.78, 5) is 16.2. The lowest BCUT2D eigenvalue weighted by Crippen LogP contribution is -2.64. The molecule has 0 radical (unpaired) electrons. The number of nitrogens with one attached hydrogen (secondary N) is 2. The second-order valence-corrected chi connectivity index (χ2v) is 8.66. The molecule has 2 fully saturated rings. The average Bonchev–Trinajstić information content (AvgIpc) is 3.38. The van der Waals surface area contributed by atoms with E-state index in [2.05, 4.69) is 17.5 Å². The highest BCUT2D eigenvalue weighted by molar-refractivity contribution is 7.15. The Morgan fingerprint density at radius 1 is 1.21 bits per heavy atom. The summed E-state index contributed by atoms with van der Waals surface area (Å²) in [5.41, 5.74) is 1.06. The number of carbonyl (C=O) groups excluding carboxylic acids is 1. The van der Waals surface area contributed by atoms with Crippen LogP contribution in [0.4, 0.5) is 0 Å². The van der Waals surface area contributed by atoms with E-state index in [9.17, 15) is 15.3 Å². The van der Waals surface area contributed by atoms with Crippen LogP contribution in [0.15, 0.2) is 30.3 Å². The van der Waals surface area contributed by atoms with Crippen LogP contribution in [0.2, 0.25) is 0 Å². The van der Waals surface area contributed by atoms with Gasteiger partial charge in [-0.05, 0) is 61.6 Å². The first-order valence-electron chi connectivity index (χ1n) is 9.07. The number of carbonyl (C=O) groups is 1. The Morgan fingerprint density at radius 3 is 2.43 bits per heavy atom. The number of rotatable bonds is 3. The lowest BCUT2D eigenvalue weighted by molar-refractivity contribution is -0.136. The van der Waals surface area contributed by atoms with Crippen molar-refractivity contribution in [1.29, 1.82) is 15.9 Å². The maximum atomic E-state index is 12.9. The maximum absolute atomic E-state index is 12.9. The first kappa shape index (κ1) is 18.2. The Balaban J connectivity index is 1.76. The van der Waals surface area contributed by atoms with Gasteiger partial charge in [0.1, 0.15) is 0 Å². The molecule has 1 saturated carbocycles. The number of amides is 1. The zero-order valence-electron chi connectivity index (χ0n) is 15.6. The number of guanidine groups is 1. The van der Waals surface area contributed by atoms with Gasteiger partial charge >= 0.3 is 0 Å². The molecule has 0 spiro atoms. The Morgan fingerprint density at radius 2 is 1.86 bits per heavy atom. The van der Waals surface area contributed by atoms with Crippen molar-refractivity contribution in [3.05, 3.63) is 46.3 Å². The van der Waals surface area contributed by atoms with Crippen LogP contribution in [0.1, 0.15) is 35.8 Å². The van der Waals surface area contributed by atoms with Gasteiger partial charge in [0.2, 0.25) is 5.91 Å². The van der Waals surface area contributed by atoms with Gasteiger partial charge in [-0.2, -0.15) is 10.5 Å². The summed E-state index contributed by atoms with van der Waals surface area (Å²) in [6.07, 6.45) is 2.06. The van der Waals surface area contributed by atoms with Crippen molar-refractivity contribution in [3.8, 4) is 22.6 Å². The van der Waals surface area contributed by atoms with Crippen LogP contribution in [-0.4, -0.2) is 23.8 Å². The fourth-order valence-corrected chi connectivity index (χ4v) is 5.10. The molecular weight excluding hydrogens is 370 g/mol. The van der Waals surface area contributed by atoms with E-state index in [0.29, 0.717) is 17.0 Å². The fraction of sp³-hybridized carbons (Fsp3) is 0.333. The second-order valence-electron chi connectivity index (χ2n) is 7.57. The first-order chi connectivity index (χ1) is 13.4. The third-order valence-corrected chi connectivity index (χ3v) is 6.99. The Labute approximate surface area is 167 Å². The van der Waals surface area contributed by atoms with Crippen molar-refractivity contribution in [2.24, 2.45) is 11.8 Å². The molecule has 1 aromatic carbocycles. The van der Waals surface area contributed by atoms with Gasteiger partial charge < -0.3 is 5.32 Å². The molecule has 1 saturated heterocycles. The monoisotopic (exact) mass is 389 g/mol. The Bertz CT molecular complexity index is 1040. The normalized spacial score (nSPS) is 24.4. The molecule has 2 atom stereocenters.